The Bertz CT molecular complexity index is 558. The largest absolute Gasteiger partial charge is 0.334 e. The number of rotatable bonds is 5. The van der Waals surface area contributed by atoms with E-state index < -0.39 is 0 Å². The molecule has 0 bridgehead atoms. The summed E-state index contributed by atoms with van der Waals surface area (Å²) in [5.74, 6) is 0. The maximum atomic E-state index is 12.5. The van der Waals surface area contributed by atoms with Crippen molar-refractivity contribution in [2.45, 2.75) is 51.2 Å². The van der Waals surface area contributed by atoms with Gasteiger partial charge >= 0.3 is 6.03 Å². The number of piperazine rings is 1. The van der Waals surface area contributed by atoms with Gasteiger partial charge < -0.3 is 15.1 Å². The summed E-state index contributed by atoms with van der Waals surface area (Å²) < 4.78 is 0. The molecule has 1 saturated heterocycles. The lowest BCUT2D eigenvalue weighted by molar-refractivity contribution is 0.0905. The second-order valence-corrected chi connectivity index (χ2v) is 8.03. The predicted octanol–water partition coefficient (Wildman–Crippen LogP) is 2.91. The summed E-state index contributed by atoms with van der Waals surface area (Å²) in [5.41, 5.74) is 2.45. The van der Waals surface area contributed by atoms with Crippen LogP contribution in [-0.2, 0) is 13.1 Å². The fourth-order valence-electron chi connectivity index (χ4n) is 4.15. The van der Waals surface area contributed by atoms with Crippen LogP contribution >= 0.6 is 0 Å². The molecule has 0 spiro atoms. The SMILES string of the molecule is CN(C)Cc1ccc(CNC(=O)N2CCN(C3CCCCC3)CC2)cc1. The van der Waals surface area contributed by atoms with Gasteiger partial charge in [-0.2, -0.15) is 0 Å². The number of hydrogen-bond donors (Lipinski definition) is 1. The van der Waals surface area contributed by atoms with E-state index in [2.05, 4.69) is 53.5 Å². The molecule has 0 atom stereocenters. The van der Waals surface area contributed by atoms with Gasteiger partial charge in [0.15, 0.2) is 0 Å². The zero-order valence-corrected chi connectivity index (χ0v) is 16.4. The molecular weight excluding hydrogens is 324 g/mol. The van der Waals surface area contributed by atoms with Crippen LogP contribution in [0.15, 0.2) is 24.3 Å². The molecule has 2 fully saturated rings. The zero-order chi connectivity index (χ0) is 18.4. The lowest BCUT2D eigenvalue weighted by atomic mass is 9.94. The van der Waals surface area contributed by atoms with Gasteiger partial charge in [-0.15, -0.1) is 0 Å². The molecule has 0 radical (unpaired) electrons. The smallest absolute Gasteiger partial charge is 0.317 e. The molecule has 2 amide bonds. The molecule has 1 aromatic rings. The molecule has 0 aromatic heterocycles. The molecule has 2 aliphatic rings. The van der Waals surface area contributed by atoms with Gasteiger partial charge in [-0.1, -0.05) is 43.5 Å². The Hall–Kier alpha value is -1.59. The van der Waals surface area contributed by atoms with E-state index >= 15 is 0 Å². The number of carbonyl (C=O) groups excluding carboxylic acids is 1. The van der Waals surface area contributed by atoms with Crippen LogP contribution in [0.25, 0.3) is 0 Å². The molecule has 0 unspecified atom stereocenters. The van der Waals surface area contributed by atoms with Crippen molar-refractivity contribution >= 4 is 6.03 Å². The van der Waals surface area contributed by atoms with Crippen molar-refractivity contribution in [2.75, 3.05) is 40.3 Å². The summed E-state index contributed by atoms with van der Waals surface area (Å²) in [5, 5.41) is 3.08. The van der Waals surface area contributed by atoms with Crippen LogP contribution in [0.3, 0.4) is 0 Å². The molecule has 1 N–H and O–H groups in total. The standard InChI is InChI=1S/C21H34N4O/c1-23(2)17-19-10-8-18(9-11-19)16-22-21(26)25-14-12-24(13-15-25)20-6-4-3-5-7-20/h8-11,20H,3-7,12-17H2,1-2H3,(H,22,26). The van der Waals surface area contributed by atoms with Gasteiger partial charge in [0.1, 0.15) is 0 Å². The van der Waals surface area contributed by atoms with Crippen LogP contribution in [0.5, 0.6) is 0 Å². The van der Waals surface area contributed by atoms with Gasteiger partial charge in [0.25, 0.3) is 0 Å². The summed E-state index contributed by atoms with van der Waals surface area (Å²) in [7, 11) is 4.14. The molecule has 1 aliphatic heterocycles. The predicted molar refractivity (Wildman–Crippen MR) is 106 cm³/mol. The summed E-state index contributed by atoms with van der Waals surface area (Å²) in [4.78, 5) is 19.2. The van der Waals surface area contributed by atoms with E-state index in [-0.39, 0.29) is 6.03 Å². The molecule has 1 saturated carbocycles. The number of nitrogens with zero attached hydrogens (tertiary/aromatic N) is 3. The highest BCUT2D eigenvalue weighted by Crippen LogP contribution is 2.23. The van der Waals surface area contributed by atoms with Gasteiger partial charge in [0.05, 0.1) is 0 Å². The molecule has 144 valence electrons. The van der Waals surface area contributed by atoms with Gasteiger partial charge in [-0.05, 0) is 38.1 Å². The third kappa shape index (κ3) is 5.45. The molecule has 3 rings (SSSR count). The Morgan fingerprint density at radius 1 is 1.00 bits per heavy atom. The number of benzene rings is 1. The Kier molecular flexibility index (Phi) is 6.92. The minimum absolute atomic E-state index is 0.0747. The van der Waals surface area contributed by atoms with Crippen LogP contribution in [0.4, 0.5) is 4.79 Å². The zero-order valence-electron chi connectivity index (χ0n) is 16.4. The summed E-state index contributed by atoms with van der Waals surface area (Å²) in [6, 6.07) is 9.34. The van der Waals surface area contributed by atoms with Gasteiger partial charge in [0.2, 0.25) is 0 Å². The average Bonchev–Trinajstić information content (AvgIpc) is 2.67. The first-order valence-electron chi connectivity index (χ1n) is 10.1. The van der Waals surface area contributed by atoms with E-state index in [0.717, 1.165) is 44.3 Å². The van der Waals surface area contributed by atoms with E-state index in [1.165, 1.54) is 37.7 Å². The number of carbonyl (C=O) groups is 1. The van der Waals surface area contributed by atoms with Crippen molar-refractivity contribution < 1.29 is 4.79 Å². The second-order valence-electron chi connectivity index (χ2n) is 8.03. The minimum Gasteiger partial charge on any atom is -0.334 e. The second kappa shape index (κ2) is 9.38. The first kappa shape index (κ1) is 19.2. The Labute approximate surface area is 158 Å². The van der Waals surface area contributed by atoms with Crippen molar-refractivity contribution in [1.29, 1.82) is 0 Å². The summed E-state index contributed by atoms with van der Waals surface area (Å²) in [6.07, 6.45) is 6.83. The monoisotopic (exact) mass is 358 g/mol. The van der Waals surface area contributed by atoms with Crippen molar-refractivity contribution in [3.8, 4) is 0 Å². The third-order valence-corrected chi connectivity index (χ3v) is 5.66. The van der Waals surface area contributed by atoms with Crippen LogP contribution in [0.1, 0.15) is 43.2 Å². The van der Waals surface area contributed by atoms with Crippen molar-refractivity contribution in [1.82, 2.24) is 20.0 Å². The maximum absolute atomic E-state index is 12.5. The fraction of sp³-hybridized carbons (Fsp3) is 0.667. The van der Waals surface area contributed by atoms with Crippen molar-refractivity contribution in [3.05, 3.63) is 35.4 Å². The van der Waals surface area contributed by atoms with Crippen molar-refractivity contribution in [2.24, 2.45) is 0 Å². The highest BCUT2D eigenvalue weighted by atomic mass is 16.2. The molecule has 1 heterocycles. The average molecular weight is 359 g/mol. The molecule has 1 aromatic carbocycles. The Balaban J connectivity index is 1.40. The highest BCUT2D eigenvalue weighted by molar-refractivity contribution is 5.74. The lowest BCUT2D eigenvalue weighted by Crippen LogP contribution is -2.54. The molecule has 5 nitrogen and oxygen atoms in total. The number of nitrogens with one attached hydrogen (secondary N) is 1. The quantitative estimate of drug-likeness (QED) is 0.880. The van der Waals surface area contributed by atoms with Crippen LogP contribution in [-0.4, -0.2) is 67.0 Å². The minimum atomic E-state index is 0.0747. The number of amides is 2. The van der Waals surface area contributed by atoms with E-state index in [4.69, 9.17) is 0 Å². The van der Waals surface area contributed by atoms with E-state index in [1.54, 1.807) is 0 Å². The first-order chi connectivity index (χ1) is 12.6. The third-order valence-electron chi connectivity index (χ3n) is 5.66. The Morgan fingerprint density at radius 2 is 1.62 bits per heavy atom. The van der Waals surface area contributed by atoms with Crippen LogP contribution in [0.2, 0.25) is 0 Å². The van der Waals surface area contributed by atoms with Gasteiger partial charge in [-0.3, -0.25) is 4.90 Å². The van der Waals surface area contributed by atoms with Crippen LogP contribution in [0, 0.1) is 0 Å². The maximum Gasteiger partial charge on any atom is 0.317 e. The lowest BCUT2D eigenvalue weighted by Gasteiger charge is -2.40. The van der Waals surface area contributed by atoms with Crippen LogP contribution < -0.4 is 5.32 Å². The topological polar surface area (TPSA) is 38.8 Å². The summed E-state index contributed by atoms with van der Waals surface area (Å²) >= 11 is 0. The molecule has 1 aliphatic carbocycles. The number of urea groups is 1. The van der Waals surface area contributed by atoms with Gasteiger partial charge in [0, 0.05) is 45.3 Å². The highest BCUT2D eigenvalue weighted by Gasteiger charge is 2.26. The Morgan fingerprint density at radius 3 is 2.23 bits per heavy atom. The fourth-order valence-corrected chi connectivity index (χ4v) is 4.15. The van der Waals surface area contributed by atoms with E-state index in [0.29, 0.717) is 6.54 Å². The number of hydrogen-bond acceptors (Lipinski definition) is 3. The molecule has 5 heteroatoms. The normalized spacial score (nSPS) is 19.7. The van der Waals surface area contributed by atoms with E-state index in [9.17, 15) is 4.79 Å². The van der Waals surface area contributed by atoms with E-state index in [1.807, 2.05) is 4.90 Å². The molecule has 26 heavy (non-hydrogen) atoms. The molecular formula is C21H34N4O. The summed E-state index contributed by atoms with van der Waals surface area (Å²) in [6.45, 7) is 5.30. The van der Waals surface area contributed by atoms with Crippen molar-refractivity contribution in [3.63, 3.8) is 0 Å². The van der Waals surface area contributed by atoms with Gasteiger partial charge in [-0.25, -0.2) is 4.79 Å². The first-order valence-corrected chi connectivity index (χ1v) is 10.1.